The molecule has 1 aromatic carbocycles. The number of thiazole rings is 1. The molecule has 3 nitrogen and oxygen atoms in total. The average molecular weight is 255 g/mol. The van der Waals surface area contributed by atoms with Crippen molar-refractivity contribution in [3.05, 3.63) is 58.2 Å². The molecule has 0 aliphatic heterocycles. The zero-order chi connectivity index (χ0) is 12.5. The Hall–Kier alpha value is -1.78. The molecule has 0 saturated carbocycles. The van der Waals surface area contributed by atoms with E-state index >= 15 is 0 Å². The first-order valence-corrected chi connectivity index (χ1v) is 6.65. The molecule has 2 heterocycles. The van der Waals surface area contributed by atoms with Crippen LogP contribution in [0.15, 0.2) is 41.9 Å². The van der Waals surface area contributed by atoms with Gasteiger partial charge in [0.2, 0.25) is 0 Å². The molecule has 0 spiro atoms. The van der Waals surface area contributed by atoms with Crippen LogP contribution in [-0.2, 0) is 0 Å². The summed E-state index contributed by atoms with van der Waals surface area (Å²) in [6, 6.07) is 9.86. The molecular formula is C14H13N3S. The van der Waals surface area contributed by atoms with E-state index in [0.717, 1.165) is 27.2 Å². The Morgan fingerprint density at radius 3 is 2.83 bits per heavy atom. The number of nitrogens with two attached hydrogens (primary N) is 1. The number of fused-ring (bicyclic) bond motifs is 1. The molecule has 18 heavy (non-hydrogen) atoms. The summed E-state index contributed by atoms with van der Waals surface area (Å²) < 4.78 is 0. The molecule has 90 valence electrons. The second-order valence-corrected chi connectivity index (χ2v) is 5.12. The normalized spacial score (nSPS) is 12.8. The van der Waals surface area contributed by atoms with E-state index in [2.05, 4.69) is 9.97 Å². The summed E-state index contributed by atoms with van der Waals surface area (Å²) in [7, 11) is 0. The quantitative estimate of drug-likeness (QED) is 0.765. The molecule has 2 N–H and O–H groups in total. The Morgan fingerprint density at radius 2 is 2.06 bits per heavy atom. The van der Waals surface area contributed by atoms with Crippen molar-refractivity contribution < 1.29 is 0 Å². The van der Waals surface area contributed by atoms with Gasteiger partial charge in [0.05, 0.1) is 11.6 Å². The number of nitrogens with zero attached hydrogens (tertiary/aromatic N) is 2. The number of aromatic nitrogens is 2. The van der Waals surface area contributed by atoms with Gasteiger partial charge < -0.3 is 5.73 Å². The highest BCUT2D eigenvalue weighted by molar-refractivity contribution is 7.09. The van der Waals surface area contributed by atoms with Crippen molar-refractivity contribution in [1.29, 1.82) is 0 Å². The maximum absolute atomic E-state index is 6.30. The molecule has 2 aromatic heterocycles. The minimum absolute atomic E-state index is 0.206. The largest absolute Gasteiger partial charge is 0.318 e. The van der Waals surface area contributed by atoms with Crippen molar-refractivity contribution in [2.45, 2.75) is 13.0 Å². The summed E-state index contributed by atoms with van der Waals surface area (Å²) >= 11 is 1.60. The monoisotopic (exact) mass is 255 g/mol. The van der Waals surface area contributed by atoms with Gasteiger partial charge in [-0.05, 0) is 13.0 Å². The lowest BCUT2D eigenvalue weighted by Crippen LogP contribution is -2.12. The van der Waals surface area contributed by atoms with E-state index in [-0.39, 0.29) is 6.04 Å². The van der Waals surface area contributed by atoms with E-state index < -0.39 is 0 Å². The fourth-order valence-electron chi connectivity index (χ4n) is 2.03. The van der Waals surface area contributed by atoms with Crippen molar-refractivity contribution in [3.63, 3.8) is 0 Å². The number of hydrogen-bond acceptors (Lipinski definition) is 4. The van der Waals surface area contributed by atoms with Crippen LogP contribution in [0.4, 0.5) is 0 Å². The van der Waals surface area contributed by atoms with Crippen LogP contribution in [0.2, 0.25) is 0 Å². The van der Waals surface area contributed by atoms with Crippen LogP contribution in [0, 0.1) is 6.92 Å². The van der Waals surface area contributed by atoms with E-state index in [4.69, 9.17) is 5.73 Å². The van der Waals surface area contributed by atoms with Gasteiger partial charge in [-0.25, -0.2) is 4.98 Å². The third-order valence-corrected chi connectivity index (χ3v) is 3.95. The lowest BCUT2D eigenvalue weighted by Gasteiger charge is -2.11. The van der Waals surface area contributed by atoms with Crippen LogP contribution >= 0.6 is 11.3 Å². The Bertz CT molecular complexity index is 685. The maximum atomic E-state index is 6.30. The van der Waals surface area contributed by atoms with Crippen molar-refractivity contribution >= 4 is 22.2 Å². The molecule has 3 aromatic rings. The summed E-state index contributed by atoms with van der Waals surface area (Å²) in [5.41, 5.74) is 9.30. The number of hydrogen-bond donors (Lipinski definition) is 1. The predicted molar refractivity (Wildman–Crippen MR) is 74.6 cm³/mol. The fourth-order valence-corrected chi connectivity index (χ4v) is 2.84. The van der Waals surface area contributed by atoms with Gasteiger partial charge in [0.1, 0.15) is 5.01 Å². The number of rotatable bonds is 2. The molecule has 1 atom stereocenters. The lowest BCUT2D eigenvalue weighted by molar-refractivity contribution is 0.857. The topological polar surface area (TPSA) is 51.8 Å². The molecule has 0 saturated heterocycles. The van der Waals surface area contributed by atoms with Crippen LogP contribution < -0.4 is 5.73 Å². The Kier molecular flexibility index (Phi) is 2.81. The number of para-hydroxylation sites is 1. The van der Waals surface area contributed by atoms with Gasteiger partial charge in [0.15, 0.2) is 0 Å². The van der Waals surface area contributed by atoms with Gasteiger partial charge in [-0.3, -0.25) is 4.98 Å². The third kappa shape index (κ3) is 1.89. The second-order valence-electron chi connectivity index (χ2n) is 4.23. The van der Waals surface area contributed by atoms with E-state index in [0.29, 0.717) is 0 Å². The molecule has 0 bridgehead atoms. The lowest BCUT2D eigenvalue weighted by atomic mass is 10.0. The Balaban J connectivity index is 2.14. The van der Waals surface area contributed by atoms with Gasteiger partial charge in [0, 0.05) is 28.2 Å². The summed E-state index contributed by atoms with van der Waals surface area (Å²) in [5, 5.41) is 4.07. The highest BCUT2D eigenvalue weighted by Crippen LogP contribution is 2.27. The van der Waals surface area contributed by atoms with Gasteiger partial charge in [-0.1, -0.05) is 24.3 Å². The smallest absolute Gasteiger partial charge is 0.114 e. The second kappa shape index (κ2) is 4.48. The first-order valence-electron chi connectivity index (χ1n) is 5.77. The number of pyridine rings is 1. The minimum Gasteiger partial charge on any atom is -0.318 e. The van der Waals surface area contributed by atoms with E-state index in [1.807, 2.05) is 42.6 Å². The summed E-state index contributed by atoms with van der Waals surface area (Å²) in [6.07, 6.45) is 1.80. The van der Waals surface area contributed by atoms with Gasteiger partial charge in [-0.15, -0.1) is 11.3 Å². The van der Waals surface area contributed by atoms with Crippen molar-refractivity contribution in [1.82, 2.24) is 9.97 Å². The number of benzene rings is 1. The fraction of sp³-hybridized carbons (Fsp3) is 0.143. The van der Waals surface area contributed by atoms with Crippen LogP contribution in [0.3, 0.4) is 0 Å². The molecule has 0 aliphatic rings. The van der Waals surface area contributed by atoms with E-state index in [9.17, 15) is 0 Å². The minimum atomic E-state index is -0.206. The van der Waals surface area contributed by atoms with Crippen molar-refractivity contribution in [2.24, 2.45) is 5.73 Å². The highest BCUT2D eigenvalue weighted by Gasteiger charge is 2.15. The molecule has 0 amide bonds. The first-order chi connectivity index (χ1) is 8.75. The van der Waals surface area contributed by atoms with Gasteiger partial charge in [0.25, 0.3) is 0 Å². The molecule has 4 heteroatoms. The van der Waals surface area contributed by atoms with Crippen LogP contribution in [0.25, 0.3) is 10.9 Å². The van der Waals surface area contributed by atoms with Crippen LogP contribution in [0.5, 0.6) is 0 Å². The molecule has 0 radical (unpaired) electrons. The van der Waals surface area contributed by atoms with Crippen LogP contribution in [-0.4, -0.2) is 9.97 Å². The van der Waals surface area contributed by atoms with Crippen LogP contribution in [0.1, 0.15) is 22.3 Å². The summed E-state index contributed by atoms with van der Waals surface area (Å²) in [6.45, 7) is 1.98. The standard InChI is InChI=1S/C14H13N3S/c1-9-8-18-14(17-9)12(15)11-6-2-4-10-5-3-7-16-13(10)11/h2-8,12H,15H2,1H3. The van der Waals surface area contributed by atoms with Crippen molar-refractivity contribution in [2.75, 3.05) is 0 Å². The molecule has 0 aliphatic carbocycles. The highest BCUT2D eigenvalue weighted by atomic mass is 32.1. The zero-order valence-electron chi connectivity index (χ0n) is 10.00. The van der Waals surface area contributed by atoms with Gasteiger partial charge >= 0.3 is 0 Å². The summed E-state index contributed by atoms with van der Waals surface area (Å²) in [4.78, 5) is 8.89. The molecular weight excluding hydrogens is 242 g/mol. The number of aryl methyl sites for hydroxylation is 1. The first kappa shape index (κ1) is 11.3. The maximum Gasteiger partial charge on any atom is 0.114 e. The predicted octanol–water partition coefficient (Wildman–Crippen LogP) is 3.05. The molecule has 0 fully saturated rings. The SMILES string of the molecule is Cc1csc(C(N)c2cccc3cccnc23)n1. The Labute approximate surface area is 109 Å². The van der Waals surface area contributed by atoms with Gasteiger partial charge in [-0.2, -0.15) is 0 Å². The van der Waals surface area contributed by atoms with Crippen molar-refractivity contribution in [3.8, 4) is 0 Å². The van der Waals surface area contributed by atoms with E-state index in [1.165, 1.54) is 0 Å². The van der Waals surface area contributed by atoms with E-state index in [1.54, 1.807) is 17.5 Å². The Morgan fingerprint density at radius 1 is 1.22 bits per heavy atom. The zero-order valence-corrected chi connectivity index (χ0v) is 10.8. The molecule has 1 unspecified atom stereocenters. The average Bonchev–Trinajstić information content (AvgIpc) is 2.84. The molecule has 3 rings (SSSR count). The summed E-state index contributed by atoms with van der Waals surface area (Å²) in [5.74, 6) is 0. The third-order valence-electron chi connectivity index (χ3n) is 2.90.